The standard InChI is InChI=1S/C20H13F3N4O/c21-20(22,23)15-6-2-4-8-17(15)27-19(28)14-9-10-18(25-12-14)26-16-7-3-1-5-13(16)11-24/h1-10,12H,(H,25,26)(H,27,28). The maximum Gasteiger partial charge on any atom is 0.418 e. The van der Waals surface area contributed by atoms with Gasteiger partial charge in [-0.15, -0.1) is 0 Å². The molecule has 5 nitrogen and oxygen atoms in total. The van der Waals surface area contributed by atoms with Crippen molar-refractivity contribution < 1.29 is 18.0 Å². The van der Waals surface area contributed by atoms with Crippen LogP contribution in [-0.2, 0) is 6.18 Å². The monoisotopic (exact) mass is 382 g/mol. The number of amides is 1. The van der Waals surface area contributed by atoms with Crippen molar-refractivity contribution in [2.24, 2.45) is 0 Å². The first kappa shape index (κ1) is 18.9. The van der Waals surface area contributed by atoms with Crippen molar-refractivity contribution in [3.63, 3.8) is 0 Å². The highest BCUT2D eigenvalue weighted by Crippen LogP contribution is 2.34. The molecule has 0 radical (unpaired) electrons. The van der Waals surface area contributed by atoms with Crippen LogP contribution >= 0.6 is 0 Å². The second kappa shape index (κ2) is 7.80. The van der Waals surface area contributed by atoms with Crippen molar-refractivity contribution in [3.8, 4) is 6.07 Å². The largest absolute Gasteiger partial charge is 0.418 e. The van der Waals surface area contributed by atoms with Crippen LogP contribution in [0.5, 0.6) is 0 Å². The number of halogens is 3. The van der Waals surface area contributed by atoms with E-state index in [0.29, 0.717) is 17.1 Å². The zero-order valence-electron chi connectivity index (χ0n) is 14.3. The van der Waals surface area contributed by atoms with Crippen molar-refractivity contribution >= 4 is 23.1 Å². The van der Waals surface area contributed by atoms with Crippen LogP contribution in [0.3, 0.4) is 0 Å². The molecule has 3 aromatic rings. The number of rotatable bonds is 4. The van der Waals surface area contributed by atoms with Crippen LogP contribution in [0.4, 0.5) is 30.4 Å². The van der Waals surface area contributed by atoms with Gasteiger partial charge in [0.2, 0.25) is 0 Å². The normalized spacial score (nSPS) is 10.8. The number of carbonyl (C=O) groups is 1. The lowest BCUT2D eigenvalue weighted by Crippen LogP contribution is -2.16. The van der Waals surface area contributed by atoms with Crippen LogP contribution in [0, 0.1) is 11.3 Å². The number of pyridine rings is 1. The molecule has 1 amide bonds. The number of hydrogen-bond acceptors (Lipinski definition) is 4. The van der Waals surface area contributed by atoms with E-state index >= 15 is 0 Å². The lowest BCUT2D eigenvalue weighted by molar-refractivity contribution is -0.136. The van der Waals surface area contributed by atoms with Gasteiger partial charge in [-0.25, -0.2) is 4.98 Å². The molecule has 0 saturated heterocycles. The third-order valence-electron chi connectivity index (χ3n) is 3.82. The van der Waals surface area contributed by atoms with E-state index in [-0.39, 0.29) is 11.3 Å². The van der Waals surface area contributed by atoms with Crippen molar-refractivity contribution in [2.75, 3.05) is 10.6 Å². The summed E-state index contributed by atoms with van der Waals surface area (Å²) in [6.45, 7) is 0. The number of nitriles is 1. The summed E-state index contributed by atoms with van der Waals surface area (Å²) in [5.41, 5.74) is -0.187. The quantitative estimate of drug-likeness (QED) is 0.668. The summed E-state index contributed by atoms with van der Waals surface area (Å²) in [5.74, 6) is -0.330. The Bertz CT molecular complexity index is 1040. The lowest BCUT2D eigenvalue weighted by Gasteiger charge is -2.13. The van der Waals surface area contributed by atoms with Gasteiger partial charge in [0.1, 0.15) is 11.9 Å². The predicted molar refractivity (Wildman–Crippen MR) is 98.1 cm³/mol. The average molecular weight is 382 g/mol. The summed E-state index contributed by atoms with van der Waals surface area (Å²) in [4.78, 5) is 16.4. The summed E-state index contributed by atoms with van der Waals surface area (Å²) < 4.78 is 39.1. The molecule has 3 rings (SSSR count). The van der Waals surface area contributed by atoms with Crippen LogP contribution in [0.1, 0.15) is 21.5 Å². The molecule has 0 bridgehead atoms. The molecule has 0 atom stereocenters. The first-order valence-corrected chi connectivity index (χ1v) is 8.08. The van der Waals surface area contributed by atoms with E-state index in [9.17, 15) is 18.0 Å². The van der Waals surface area contributed by atoms with Crippen LogP contribution in [0.25, 0.3) is 0 Å². The van der Waals surface area contributed by atoms with E-state index in [1.54, 1.807) is 24.3 Å². The molecule has 0 aliphatic heterocycles. The predicted octanol–water partition coefficient (Wildman–Crippen LogP) is 4.97. The minimum absolute atomic E-state index is 0.0936. The molecule has 28 heavy (non-hydrogen) atoms. The number of nitrogens with zero attached hydrogens (tertiary/aromatic N) is 2. The second-order valence-corrected chi connectivity index (χ2v) is 5.71. The second-order valence-electron chi connectivity index (χ2n) is 5.71. The fraction of sp³-hybridized carbons (Fsp3) is 0.0500. The van der Waals surface area contributed by atoms with Crippen LogP contribution in [0.2, 0.25) is 0 Å². The van der Waals surface area contributed by atoms with Crippen molar-refractivity contribution in [2.45, 2.75) is 6.18 Å². The van der Waals surface area contributed by atoms with Gasteiger partial charge in [-0.2, -0.15) is 18.4 Å². The summed E-state index contributed by atoms with van der Waals surface area (Å²) in [7, 11) is 0. The number of alkyl halides is 3. The first-order chi connectivity index (χ1) is 13.4. The lowest BCUT2D eigenvalue weighted by atomic mass is 10.1. The molecule has 0 aliphatic carbocycles. The Morgan fingerprint density at radius 1 is 0.964 bits per heavy atom. The molecule has 8 heteroatoms. The van der Waals surface area contributed by atoms with Gasteiger partial charge >= 0.3 is 6.18 Å². The Hall–Kier alpha value is -3.86. The zero-order valence-corrected chi connectivity index (χ0v) is 14.3. The minimum Gasteiger partial charge on any atom is -0.339 e. The van der Waals surface area contributed by atoms with Crippen molar-refractivity contribution in [1.29, 1.82) is 5.26 Å². The van der Waals surface area contributed by atoms with Gasteiger partial charge in [0, 0.05) is 6.20 Å². The summed E-state index contributed by atoms with van der Waals surface area (Å²) >= 11 is 0. The fourth-order valence-corrected chi connectivity index (χ4v) is 2.46. The van der Waals surface area contributed by atoms with E-state index in [0.717, 1.165) is 6.07 Å². The molecule has 140 valence electrons. The van der Waals surface area contributed by atoms with Gasteiger partial charge in [-0.05, 0) is 36.4 Å². The summed E-state index contributed by atoms with van der Waals surface area (Å²) in [5, 5.41) is 14.3. The molecule has 1 heterocycles. The first-order valence-electron chi connectivity index (χ1n) is 8.08. The number of para-hydroxylation sites is 2. The van der Waals surface area contributed by atoms with E-state index in [2.05, 4.69) is 15.6 Å². The molecule has 0 spiro atoms. The Kier molecular flexibility index (Phi) is 5.27. The van der Waals surface area contributed by atoms with E-state index in [1.165, 1.54) is 36.5 Å². The van der Waals surface area contributed by atoms with Gasteiger partial charge < -0.3 is 10.6 Å². The third kappa shape index (κ3) is 4.27. The van der Waals surface area contributed by atoms with Crippen LogP contribution in [-0.4, -0.2) is 10.9 Å². The minimum atomic E-state index is -4.58. The molecule has 1 aromatic heterocycles. The number of carbonyl (C=O) groups excluding carboxylic acids is 1. The van der Waals surface area contributed by atoms with Gasteiger partial charge in [-0.1, -0.05) is 24.3 Å². The molecule has 0 fully saturated rings. The highest BCUT2D eigenvalue weighted by molar-refractivity contribution is 6.04. The van der Waals surface area contributed by atoms with Gasteiger partial charge in [0.25, 0.3) is 5.91 Å². The van der Waals surface area contributed by atoms with Gasteiger partial charge in [-0.3, -0.25) is 4.79 Å². The molecular formula is C20H13F3N4O. The molecule has 2 aromatic carbocycles. The molecule has 0 aliphatic rings. The Morgan fingerprint density at radius 3 is 2.29 bits per heavy atom. The fourth-order valence-electron chi connectivity index (χ4n) is 2.46. The Balaban J connectivity index is 1.76. The number of anilines is 3. The Morgan fingerprint density at radius 2 is 1.64 bits per heavy atom. The SMILES string of the molecule is N#Cc1ccccc1Nc1ccc(C(=O)Nc2ccccc2C(F)(F)F)cn1. The maximum absolute atomic E-state index is 13.0. The van der Waals surface area contributed by atoms with Gasteiger partial charge in [0.15, 0.2) is 0 Å². The highest BCUT2D eigenvalue weighted by atomic mass is 19.4. The van der Waals surface area contributed by atoms with E-state index in [1.807, 2.05) is 6.07 Å². The highest BCUT2D eigenvalue weighted by Gasteiger charge is 2.33. The van der Waals surface area contributed by atoms with Crippen LogP contribution < -0.4 is 10.6 Å². The third-order valence-corrected chi connectivity index (χ3v) is 3.82. The maximum atomic E-state index is 13.0. The van der Waals surface area contributed by atoms with Crippen molar-refractivity contribution in [1.82, 2.24) is 4.98 Å². The summed E-state index contributed by atoms with van der Waals surface area (Å²) in [6, 6.07) is 16.5. The number of nitrogens with one attached hydrogen (secondary N) is 2. The zero-order chi connectivity index (χ0) is 20.1. The Labute approximate surface area is 158 Å². The van der Waals surface area contributed by atoms with Gasteiger partial charge in [0.05, 0.1) is 28.1 Å². The topological polar surface area (TPSA) is 77.8 Å². The van der Waals surface area contributed by atoms with E-state index in [4.69, 9.17) is 5.26 Å². The average Bonchev–Trinajstić information content (AvgIpc) is 2.68. The molecule has 0 saturated carbocycles. The molecule has 0 unspecified atom stereocenters. The van der Waals surface area contributed by atoms with E-state index < -0.39 is 17.6 Å². The van der Waals surface area contributed by atoms with Crippen LogP contribution in [0.15, 0.2) is 66.9 Å². The smallest absolute Gasteiger partial charge is 0.339 e. The summed E-state index contributed by atoms with van der Waals surface area (Å²) in [6.07, 6.45) is -3.34. The van der Waals surface area contributed by atoms with Crippen molar-refractivity contribution in [3.05, 3.63) is 83.6 Å². The number of benzene rings is 2. The number of hydrogen-bond donors (Lipinski definition) is 2. The molecule has 2 N–H and O–H groups in total. The number of aromatic nitrogens is 1. The molecular weight excluding hydrogens is 369 g/mol.